The van der Waals surface area contributed by atoms with Gasteiger partial charge in [-0.05, 0) is 18.4 Å². The lowest BCUT2D eigenvalue weighted by Gasteiger charge is -2.20. The van der Waals surface area contributed by atoms with Crippen LogP contribution in [-0.2, 0) is 0 Å². The second-order valence-corrected chi connectivity index (χ2v) is 3.76. The van der Waals surface area contributed by atoms with E-state index in [2.05, 4.69) is 13.8 Å². The quantitative estimate of drug-likeness (QED) is 0.542. The van der Waals surface area contributed by atoms with Crippen molar-refractivity contribution in [3.8, 4) is 0 Å². The number of hydrogen-bond donors (Lipinski definition) is 1. The van der Waals surface area contributed by atoms with Gasteiger partial charge in [-0.3, -0.25) is 0 Å². The lowest BCUT2D eigenvalue weighted by atomic mass is 9.92. The highest BCUT2D eigenvalue weighted by Crippen LogP contribution is 2.22. The SMILES string of the molecule is CC(C)(C[SiH3])CCN. The molecule has 8 heavy (non-hydrogen) atoms. The van der Waals surface area contributed by atoms with E-state index in [0.717, 1.165) is 6.54 Å². The van der Waals surface area contributed by atoms with E-state index in [9.17, 15) is 0 Å². The molecule has 0 aromatic rings. The molecule has 0 spiro atoms. The van der Waals surface area contributed by atoms with Crippen LogP contribution < -0.4 is 5.73 Å². The number of rotatable bonds is 3. The molecule has 0 aliphatic carbocycles. The first-order valence-corrected chi connectivity index (χ1v) is 4.74. The van der Waals surface area contributed by atoms with E-state index >= 15 is 0 Å². The molecule has 0 bridgehead atoms. The van der Waals surface area contributed by atoms with Crippen LogP contribution in [0.2, 0.25) is 6.04 Å². The third-order valence-corrected chi connectivity index (χ3v) is 3.69. The van der Waals surface area contributed by atoms with Crippen molar-refractivity contribution in [3.05, 3.63) is 0 Å². The van der Waals surface area contributed by atoms with Crippen molar-refractivity contribution in [3.63, 3.8) is 0 Å². The van der Waals surface area contributed by atoms with Gasteiger partial charge in [0.25, 0.3) is 0 Å². The predicted molar refractivity (Wildman–Crippen MR) is 42.2 cm³/mol. The molecule has 50 valence electrons. The van der Waals surface area contributed by atoms with Crippen molar-refractivity contribution >= 4 is 10.2 Å². The number of hydrogen-bond acceptors (Lipinski definition) is 1. The zero-order chi connectivity index (χ0) is 6.62. The highest BCUT2D eigenvalue weighted by molar-refractivity contribution is 6.08. The van der Waals surface area contributed by atoms with Crippen LogP contribution in [0.25, 0.3) is 0 Å². The largest absolute Gasteiger partial charge is 0.330 e. The van der Waals surface area contributed by atoms with Crippen LogP contribution in [0, 0.1) is 5.41 Å². The summed E-state index contributed by atoms with van der Waals surface area (Å²) in [6.45, 7) is 5.41. The van der Waals surface area contributed by atoms with E-state index in [4.69, 9.17) is 5.73 Å². The summed E-state index contributed by atoms with van der Waals surface area (Å²) in [5.74, 6) is 0. The first kappa shape index (κ1) is 8.18. The summed E-state index contributed by atoms with van der Waals surface area (Å²) >= 11 is 0. The minimum atomic E-state index is 0.529. The molecular formula is C6H17NSi. The highest BCUT2D eigenvalue weighted by Gasteiger charge is 2.12. The molecule has 0 rings (SSSR count). The normalized spacial score (nSPS) is 12.4. The molecule has 2 N–H and O–H groups in total. The standard InChI is InChI=1S/C6H17NSi/c1-6(2,5-8)3-4-7/h3-5,7H2,1-2,8H3. The lowest BCUT2D eigenvalue weighted by Crippen LogP contribution is -2.15. The van der Waals surface area contributed by atoms with Crippen LogP contribution in [0.3, 0.4) is 0 Å². The van der Waals surface area contributed by atoms with Gasteiger partial charge in [0.1, 0.15) is 0 Å². The molecule has 0 aliphatic rings. The molecule has 0 saturated carbocycles. The average Bonchev–Trinajstić information content (AvgIpc) is 1.67. The Balaban J connectivity index is 3.37. The molecule has 0 radical (unpaired) electrons. The summed E-state index contributed by atoms with van der Waals surface area (Å²) in [5, 5.41) is 0. The third kappa shape index (κ3) is 3.21. The molecule has 0 amide bonds. The summed E-state index contributed by atoms with van der Waals surface area (Å²) in [7, 11) is 1.31. The van der Waals surface area contributed by atoms with E-state index in [0.29, 0.717) is 5.41 Å². The van der Waals surface area contributed by atoms with Gasteiger partial charge in [-0.1, -0.05) is 19.9 Å². The molecule has 0 heterocycles. The Morgan fingerprint density at radius 2 is 2.00 bits per heavy atom. The summed E-state index contributed by atoms with van der Waals surface area (Å²) in [6, 6.07) is 1.37. The van der Waals surface area contributed by atoms with Crippen molar-refractivity contribution in [2.24, 2.45) is 11.1 Å². The first-order valence-electron chi connectivity index (χ1n) is 3.32. The van der Waals surface area contributed by atoms with Gasteiger partial charge in [0.2, 0.25) is 0 Å². The van der Waals surface area contributed by atoms with Gasteiger partial charge in [-0.25, -0.2) is 0 Å². The molecule has 0 fully saturated rings. The second kappa shape index (κ2) is 3.25. The summed E-state index contributed by atoms with van der Waals surface area (Å²) in [5.41, 5.74) is 5.93. The molecule has 0 aromatic heterocycles. The van der Waals surface area contributed by atoms with E-state index < -0.39 is 0 Å². The van der Waals surface area contributed by atoms with Crippen molar-refractivity contribution in [1.29, 1.82) is 0 Å². The fourth-order valence-corrected chi connectivity index (χ4v) is 0.921. The van der Waals surface area contributed by atoms with E-state index in [1.54, 1.807) is 0 Å². The van der Waals surface area contributed by atoms with Crippen LogP contribution >= 0.6 is 0 Å². The van der Waals surface area contributed by atoms with Crippen molar-refractivity contribution in [1.82, 2.24) is 0 Å². The van der Waals surface area contributed by atoms with Crippen molar-refractivity contribution < 1.29 is 0 Å². The Morgan fingerprint density at radius 1 is 1.50 bits per heavy atom. The van der Waals surface area contributed by atoms with Crippen LogP contribution in [0.4, 0.5) is 0 Å². The molecule has 1 nitrogen and oxygen atoms in total. The van der Waals surface area contributed by atoms with E-state index in [1.807, 2.05) is 0 Å². The monoisotopic (exact) mass is 131 g/mol. The van der Waals surface area contributed by atoms with Gasteiger partial charge in [-0.15, -0.1) is 0 Å². The van der Waals surface area contributed by atoms with Gasteiger partial charge in [0.05, 0.1) is 0 Å². The molecule has 0 saturated heterocycles. The van der Waals surface area contributed by atoms with E-state index in [1.165, 1.54) is 22.7 Å². The van der Waals surface area contributed by atoms with Crippen LogP contribution in [0.1, 0.15) is 20.3 Å². The molecule has 0 aliphatic heterocycles. The molecule has 2 heteroatoms. The fourth-order valence-electron chi connectivity index (χ4n) is 0.568. The Hall–Kier alpha value is 0.177. The lowest BCUT2D eigenvalue weighted by molar-refractivity contribution is 0.385. The van der Waals surface area contributed by atoms with Crippen LogP contribution in [0.15, 0.2) is 0 Å². The fraction of sp³-hybridized carbons (Fsp3) is 1.00. The Morgan fingerprint density at radius 3 is 2.12 bits per heavy atom. The minimum Gasteiger partial charge on any atom is -0.330 e. The van der Waals surface area contributed by atoms with Gasteiger partial charge in [0, 0.05) is 10.2 Å². The van der Waals surface area contributed by atoms with Gasteiger partial charge in [0.15, 0.2) is 0 Å². The topological polar surface area (TPSA) is 26.0 Å². The van der Waals surface area contributed by atoms with Crippen molar-refractivity contribution in [2.75, 3.05) is 6.54 Å². The Kier molecular flexibility index (Phi) is 3.32. The summed E-state index contributed by atoms with van der Waals surface area (Å²) in [6.07, 6.45) is 1.18. The van der Waals surface area contributed by atoms with Crippen LogP contribution in [-0.4, -0.2) is 16.8 Å². The second-order valence-electron chi connectivity index (χ2n) is 3.06. The maximum atomic E-state index is 5.41. The van der Waals surface area contributed by atoms with Crippen molar-refractivity contribution in [2.45, 2.75) is 26.3 Å². The molecule has 0 aromatic carbocycles. The Labute approximate surface area is 55.1 Å². The number of nitrogens with two attached hydrogens (primary N) is 1. The smallest absolute Gasteiger partial charge is 0.00347 e. The van der Waals surface area contributed by atoms with Gasteiger partial charge >= 0.3 is 0 Å². The maximum Gasteiger partial charge on any atom is 0.00347 e. The van der Waals surface area contributed by atoms with Crippen LogP contribution in [0.5, 0.6) is 0 Å². The minimum absolute atomic E-state index is 0.529. The van der Waals surface area contributed by atoms with Gasteiger partial charge in [-0.2, -0.15) is 0 Å². The maximum absolute atomic E-state index is 5.41. The Bertz CT molecular complexity index is 61.5. The predicted octanol–water partition coefficient (Wildman–Crippen LogP) is 0.145. The summed E-state index contributed by atoms with van der Waals surface area (Å²) < 4.78 is 0. The molecule has 0 unspecified atom stereocenters. The zero-order valence-corrected chi connectivity index (χ0v) is 8.20. The zero-order valence-electron chi connectivity index (χ0n) is 6.20. The first-order chi connectivity index (χ1) is 3.62. The molecule has 0 atom stereocenters. The van der Waals surface area contributed by atoms with E-state index in [-0.39, 0.29) is 0 Å². The third-order valence-electron chi connectivity index (χ3n) is 1.78. The highest BCUT2D eigenvalue weighted by atomic mass is 28.1. The summed E-state index contributed by atoms with van der Waals surface area (Å²) in [4.78, 5) is 0. The molecular weight excluding hydrogens is 114 g/mol. The average molecular weight is 131 g/mol. The van der Waals surface area contributed by atoms with Gasteiger partial charge < -0.3 is 5.73 Å².